The lowest BCUT2D eigenvalue weighted by Gasteiger charge is -2.07. The molecule has 1 aliphatic carbocycles. The summed E-state index contributed by atoms with van der Waals surface area (Å²) < 4.78 is 6.75. The maximum atomic E-state index is 12.8. The number of urea groups is 1. The number of ether oxygens (including phenoxy) is 1. The number of aromatic nitrogens is 2. The standard InChI is InChI=1S/C23H22N4O4/c1-15-7-9-16(10-8-15)21-19(13-27(26-21)18-5-3-2-4-6-18)22(29)31-14-20(28)25-23(30)24-17-11-12-17/h2-10,13,17H,11-12,14H2,1H3,(H2,24,25,28,30). The molecule has 0 bridgehead atoms. The Hall–Kier alpha value is -3.94. The summed E-state index contributed by atoms with van der Waals surface area (Å²) >= 11 is 0. The Labute approximate surface area is 179 Å². The van der Waals surface area contributed by atoms with Crippen molar-refractivity contribution in [2.24, 2.45) is 0 Å². The molecule has 1 heterocycles. The molecule has 0 aliphatic heterocycles. The minimum absolute atomic E-state index is 0.122. The lowest BCUT2D eigenvalue weighted by Crippen LogP contribution is -2.42. The van der Waals surface area contributed by atoms with Gasteiger partial charge in [-0.25, -0.2) is 14.3 Å². The molecular weight excluding hydrogens is 396 g/mol. The quantitative estimate of drug-likeness (QED) is 0.599. The van der Waals surface area contributed by atoms with E-state index >= 15 is 0 Å². The fraction of sp³-hybridized carbons (Fsp3) is 0.217. The van der Waals surface area contributed by atoms with Crippen LogP contribution < -0.4 is 10.6 Å². The first kappa shape index (κ1) is 20.3. The van der Waals surface area contributed by atoms with Crippen molar-refractivity contribution in [3.05, 3.63) is 71.9 Å². The third kappa shape index (κ3) is 5.16. The van der Waals surface area contributed by atoms with E-state index < -0.39 is 24.5 Å². The molecule has 8 heteroatoms. The van der Waals surface area contributed by atoms with E-state index in [4.69, 9.17) is 4.74 Å². The number of hydrogen-bond donors (Lipinski definition) is 2. The van der Waals surface area contributed by atoms with Crippen LogP contribution in [0.5, 0.6) is 0 Å². The van der Waals surface area contributed by atoms with Crippen LogP contribution in [0, 0.1) is 6.92 Å². The van der Waals surface area contributed by atoms with Crippen molar-refractivity contribution in [2.45, 2.75) is 25.8 Å². The number of benzene rings is 2. The van der Waals surface area contributed by atoms with E-state index in [1.807, 2.05) is 61.5 Å². The normalized spacial score (nSPS) is 12.8. The fourth-order valence-electron chi connectivity index (χ4n) is 2.98. The molecule has 1 fully saturated rings. The van der Waals surface area contributed by atoms with E-state index in [0.29, 0.717) is 5.69 Å². The maximum absolute atomic E-state index is 12.8. The molecule has 1 aliphatic rings. The molecule has 3 amide bonds. The van der Waals surface area contributed by atoms with Gasteiger partial charge in [0.25, 0.3) is 5.91 Å². The largest absolute Gasteiger partial charge is 0.452 e. The molecule has 3 aromatic rings. The molecule has 1 saturated carbocycles. The van der Waals surface area contributed by atoms with Crippen LogP contribution in [0.4, 0.5) is 4.79 Å². The number of imide groups is 1. The molecule has 4 rings (SSSR count). The van der Waals surface area contributed by atoms with Gasteiger partial charge in [0, 0.05) is 17.8 Å². The molecule has 2 aromatic carbocycles. The van der Waals surface area contributed by atoms with Gasteiger partial charge in [0.2, 0.25) is 0 Å². The highest BCUT2D eigenvalue weighted by Gasteiger charge is 2.25. The summed E-state index contributed by atoms with van der Waals surface area (Å²) in [5.74, 6) is -1.39. The van der Waals surface area contributed by atoms with Gasteiger partial charge in [-0.1, -0.05) is 48.0 Å². The Bertz CT molecular complexity index is 1100. The smallest absolute Gasteiger partial charge is 0.342 e. The lowest BCUT2D eigenvalue weighted by molar-refractivity contribution is -0.123. The highest BCUT2D eigenvalue weighted by Crippen LogP contribution is 2.25. The van der Waals surface area contributed by atoms with E-state index in [2.05, 4.69) is 15.7 Å². The van der Waals surface area contributed by atoms with Gasteiger partial charge in [-0.3, -0.25) is 10.1 Å². The molecule has 0 radical (unpaired) electrons. The van der Waals surface area contributed by atoms with Crippen molar-refractivity contribution >= 4 is 17.9 Å². The van der Waals surface area contributed by atoms with Gasteiger partial charge < -0.3 is 10.1 Å². The predicted molar refractivity (Wildman–Crippen MR) is 114 cm³/mol. The van der Waals surface area contributed by atoms with Crippen molar-refractivity contribution in [3.63, 3.8) is 0 Å². The number of carbonyl (C=O) groups is 3. The highest BCUT2D eigenvalue weighted by molar-refractivity contribution is 5.99. The third-order valence-electron chi connectivity index (χ3n) is 4.78. The summed E-state index contributed by atoms with van der Waals surface area (Å²) in [7, 11) is 0. The summed E-state index contributed by atoms with van der Waals surface area (Å²) in [6.07, 6.45) is 3.39. The summed E-state index contributed by atoms with van der Waals surface area (Å²) in [6.45, 7) is 1.40. The Kier molecular flexibility index (Phi) is 5.79. The van der Waals surface area contributed by atoms with Crippen LogP contribution in [0.1, 0.15) is 28.8 Å². The van der Waals surface area contributed by atoms with E-state index in [-0.39, 0.29) is 11.6 Å². The zero-order chi connectivity index (χ0) is 21.8. The SMILES string of the molecule is Cc1ccc(-c2nn(-c3ccccc3)cc2C(=O)OCC(=O)NC(=O)NC2CC2)cc1. The summed E-state index contributed by atoms with van der Waals surface area (Å²) in [6, 6.07) is 16.5. The average Bonchev–Trinajstić information content (AvgIpc) is 3.46. The summed E-state index contributed by atoms with van der Waals surface area (Å²) in [4.78, 5) is 36.4. The molecule has 2 N–H and O–H groups in total. The third-order valence-corrected chi connectivity index (χ3v) is 4.78. The summed E-state index contributed by atoms with van der Waals surface area (Å²) in [5, 5.41) is 9.36. The van der Waals surface area contributed by atoms with Gasteiger partial charge in [0.05, 0.1) is 5.69 Å². The van der Waals surface area contributed by atoms with Crippen molar-refractivity contribution < 1.29 is 19.1 Å². The van der Waals surface area contributed by atoms with E-state index in [0.717, 1.165) is 29.7 Å². The van der Waals surface area contributed by atoms with Crippen molar-refractivity contribution in [1.82, 2.24) is 20.4 Å². The Morgan fingerprint density at radius 2 is 1.77 bits per heavy atom. The van der Waals surface area contributed by atoms with Gasteiger partial charge in [-0.15, -0.1) is 0 Å². The second-order valence-electron chi connectivity index (χ2n) is 7.41. The van der Waals surface area contributed by atoms with Crippen LogP contribution >= 0.6 is 0 Å². The van der Waals surface area contributed by atoms with Gasteiger partial charge in [-0.05, 0) is 31.9 Å². The first-order valence-electron chi connectivity index (χ1n) is 9.99. The molecule has 158 valence electrons. The summed E-state index contributed by atoms with van der Waals surface area (Å²) in [5.41, 5.74) is 3.28. The minimum atomic E-state index is -0.699. The molecule has 0 unspecified atom stereocenters. The van der Waals surface area contributed by atoms with Gasteiger partial charge >= 0.3 is 12.0 Å². The number of nitrogens with one attached hydrogen (secondary N) is 2. The minimum Gasteiger partial charge on any atom is -0.452 e. The van der Waals surface area contributed by atoms with Gasteiger partial charge in [0.1, 0.15) is 11.3 Å². The Morgan fingerprint density at radius 1 is 1.06 bits per heavy atom. The molecular formula is C23H22N4O4. The number of para-hydroxylation sites is 1. The zero-order valence-electron chi connectivity index (χ0n) is 17.0. The second-order valence-corrected chi connectivity index (χ2v) is 7.41. The van der Waals surface area contributed by atoms with Gasteiger partial charge in [0.15, 0.2) is 6.61 Å². The van der Waals surface area contributed by atoms with Crippen molar-refractivity contribution in [2.75, 3.05) is 6.61 Å². The van der Waals surface area contributed by atoms with E-state index in [9.17, 15) is 14.4 Å². The monoisotopic (exact) mass is 418 g/mol. The van der Waals surface area contributed by atoms with Crippen molar-refractivity contribution in [1.29, 1.82) is 0 Å². The van der Waals surface area contributed by atoms with Crippen LogP contribution in [-0.2, 0) is 9.53 Å². The Morgan fingerprint density at radius 3 is 2.45 bits per heavy atom. The first-order valence-corrected chi connectivity index (χ1v) is 9.99. The van der Waals surface area contributed by atoms with E-state index in [1.165, 1.54) is 0 Å². The number of hydrogen-bond acceptors (Lipinski definition) is 5. The lowest BCUT2D eigenvalue weighted by atomic mass is 10.1. The number of carbonyl (C=O) groups excluding carboxylic acids is 3. The Balaban J connectivity index is 1.51. The predicted octanol–water partition coefficient (Wildman–Crippen LogP) is 2.99. The van der Waals surface area contributed by atoms with E-state index in [1.54, 1.807) is 10.9 Å². The maximum Gasteiger partial charge on any atom is 0.342 e. The van der Waals surface area contributed by atoms with Crippen LogP contribution in [-0.4, -0.2) is 40.3 Å². The molecule has 8 nitrogen and oxygen atoms in total. The van der Waals surface area contributed by atoms with Crippen LogP contribution in [0.15, 0.2) is 60.8 Å². The van der Waals surface area contributed by atoms with Crippen molar-refractivity contribution in [3.8, 4) is 16.9 Å². The average molecular weight is 418 g/mol. The highest BCUT2D eigenvalue weighted by atomic mass is 16.5. The number of nitrogens with zero attached hydrogens (tertiary/aromatic N) is 2. The number of esters is 1. The zero-order valence-corrected chi connectivity index (χ0v) is 17.0. The number of aryl methyl sites for hydroxylation is 1. The second kappa shape index (κ2) is 8.83. The van der Waals surface area contributed by atoms with Crippen LogP contribution in [0.2, 0.25) is 0 Å². The molecule has 1 aromatic heterocycles. The molecule has 31 heavy (non-hydrogen) atoms. The molecule has 0 saturated heterocycles. The van der Waals surface area contributed by atoms with Crippen LogP contribution in [0.3, 0.4) is 0 Å². The molecule has 0 spiro atoms. The fourth-order valence-corrected chi connectivity index (χ4v) is 2.98. The molecule has 0 atom stereocenters. The number of rotatable bonds is 6. The number of amides is 3. The topological polar surface area (TPSA) is 102 Å². The van der Waals surface area contributed by atoms with Gasteiger partial charge in [-0.2, -0.15) is 5.10 Å². The first-order chi connectivity index (χ1) is 15.0. The van der Waals surface area contributed by atoms with Crippen LogP contribution in [0.25, 0.3) is 16.9 Å².